The lowest BCUT2D eigenvalue weighted by molar-refractivity contribution is 0.0696. The maximum absolute atomic E-state index is 11.9. The molecule has 0 atom stereocenters. The molecule has 0 unspecified atom stereocenters. The molecule has 1 heterocycles. The van der Waals surface area contributed by atoms with Gasteiger partial charge in [-0.15, -0.1) is 0 Å². The Kier molecular flexibility index (Phi) is 3.66. The molecule has 1 aliphatic heterocycles. The van der Waals surface area contributed by atoms with Gasteiger partial charge in [-0.3, -0.25) is 0 Å². The van der Waals surface area contributed by atoms with Gasteiger partial charge in [0.05, 0.1) is 16.9 Å². The number of nitrogens with two attached hydrogens (primary N) is 2. The molecule has 0 saturated heterocycles. The van der Waals surface area contributed by atoms with Crippen molar-refractivity contribution >= 4 is 29.5 Å². The molecule has 0 aliphatic carbocycles. The average Bonchev–Trinajstić information content (AvgIpc) is 2.61. The van der Waals surface area contributed by atoms with Crippen LogP contribution in [0.5, 0.6) is 11.5 Å². The summed E-state index contributed by atoms with van der Waals surface area (Å²) < 4.78 is 6.08. The van der Waals surface area contributed by atoms with Crippen LogP contribution in [0.4, 0.5) is 11.4 Å². The predicted molar refractivity (Wildman–Crippen MR) is 106 cm³/mol. The van der Waals surface area contributed by atoms with Crippen LogP contribution in [0, 0.1) is 6.92 Å². The first-order chi connectivity index (χ1) is 12.9. The smallest absolute Gasteiger partial charge is 0.336 e. The Bertz CT molecular complexity index is 1230. The molecule has 0 spiro atoms. The predicted octanol–water partition coefficient (Wildman–Crippen LogP) is 2.62. The second-order valence-electron chi connectivity index (χ2n) is 6.60. The van der Waals surface area contributed by atoms with Gasteiger partial charge in [0, 0.05) is 21.9 Å². The van der Waals surface area contributed by atoms with Gasteiger partial charge in [0.15, 0.2) is 0 Å². The fraction of sp³-hybridized carbons (Fsp3) is 0.0455. The van der Waals surface area contributed by atoms with Crippen LogP contribution in [-0.4, -0.2) is 11.1 Å². The lowest BCUT2D eigenvalue weighted by atomic mass is 9.87. The van der Waals surface area contributed by atoms with Crippen LogP contribution in [-0.2, 0) is 0 Å². The SMILES string of the molecule is C=c1ccc2c(c1)Oc1cc(C)ccc1C=2c1c(C(=O)O)ccc(N)c1N. The van der Waals surface area contributed by atoms with Crippen molar-refractivity contribution in [2.24, 2.45) is 0 Å². The highest BCUT2D eigenvalue weighted by molar-refractivity contribution is 6.03. The molecule has 1 aliphatic rings. The Morgan fingerprint density at radius 3 is 2.56 bits per heavy atom. The van der Waals surface area contributed by atoms with E-state index < -0.39 is 5.97 Å². The van der Waals surface area contributed by atoms with Crippen molar-refractivity contribution in [3.05, 3.63) is 81.2 Å². The van der Waals surface area contributed by atoms with Crippen molar-refractivity contribution in [1.82, 2.24) is 0 Å². The third kappa shape index (κ3) is 2.60. The third-order valence-electron chi connectivity index (χ3n) is 4.70. The fourth-order valence-electron chi connectivity index (χ4n) is 3.39. The monoisotopic (exact) mass is 358 g/mol. The van der Waals surface area contributed by atoms with E-state index in [1.54, 1.807) is 0 Å². The van der Waals surface area contributed by atoms with E-state index in [9.17, 15) is 9.90 Å². The van der Waals surface area contributed by atoms with Crippen molar-refractivity contribution in [3.8, 4) is 11.5 Å². The van der Waals surface area contributed by atoms with E-state index in [0.717, 1.165) is 21.6 Å². The fourth-order valence-corrected chi connectivity index (χ4v) is 3.39. The Hall–Kier alpha value is -3.73. The van der Waals surface area contributed by atoms with Gasteiger partial charge in [0.25, 0.3) is 0 Å². The van der Waals surface area contributed by atoms with Gasteiger partial charge in [-0.25, -0.2) is 4.79 Å². The van der Waals surface area contributed by atoms with E-state index in [-0.39, 0.29) is 11.3 Å². The normalized spacial score (nSPS) is 12.1. The van der Waals surface area contributed by atoms with Gasteiger partial charge in [-0.2, -0.15) is 0 Å². The summed E-state index contributed by atoms with van der Waals surface area (Å²) in [5, 5.41) is 11.3. The first-order valence-electron chi connectivity index (χ1n) is 8.40. The van der Waals surface area contributed by atoms with Crippen LogP contribution in [0.2, 0.25) is 0 Å². The minimum atomic E-state index is -1.07. The number of benzene rings is 3. The summed E-state index contributed by atoms with van der Waals surface area (Å²) in [6.07, 6.45) is 0. The number of aryl methyl sites for hydroxylation is 1. The molecule has 0 saturated carbocycles. The van der Waals surface area contributed by atoms with E-state index in [1.165, 1.54) is 12.1 Å². The van der Waals surface area contributed by atoms with Crippen molar-refractivity contribution < 1.29 is 14.6 Å². The van der Waals surface area contributed by atoms with Gasteiger partial charge in [-0.1, -0.05) is 30.8 Å². The summed E-state index contributed by atoms with van der Waals surface area (Å²) in [5.41, 5.74) is 15.8. The maximum Gasteiger partial charge on any atom is 0.336 e. The van der Waals surface area contributed by atoms with Crippen molar-refractivity contribution in [1.29, 1.82) is 0 Å². The molecule has 0 fully saturated rings. The van der Waals surface area contributed by atoms with Gasteiger partial charge in [0.1, 0.15) is 11.5 Å². The minimum Gasteiger partial charge on any atom is -0.478 e. The first kappa shape index (κ1) is 16.7. The maximum atomic E-state index is 11.9. The second kappa shape index (κ2) is 5.92. The van der Waals surface area contributed by atoms with Gasteiger partial charge < -0.3 is 21.3 Å². The van der Waals surface area contributed by atoms with Crippen molar-refractivity contribution in [2.45, 2.75) is 6.92 Å². The van der Waals surface area contributed by atoms with Crippen LogP contribution in [0.1, 0.15) is 27.0 Å². The molecule has 4 rings (SSSR count). The highest BCUT2D eigenvalue weighted by Crippen LogP contribution is 2.40. The van der Waals surface area contributed by atoms with Crippen LogP contribution < -0.4 is 26.6 Å². The summed E-state index contributed by atoms with van der Waals surface area (Å²) in [6, 6.07) is 14.3. The Balaban J connectivity index is 2.22. The standard InChI is InChI=1S/C22H18N2O3/c1-11-3-5-13-17(9-11)27-18-10-12(2)4-6-14(18)19(13)20-15(22(25)26)7-8-16(23)21(20)24/h3-10H,1,23-24H2,2H3,(H,25,26). The molecule has 3 aromatic carbocycles. The minimum absolute atomic E-state index is 0.0924. The molecule has 5 heteroatoms. The molecule has 0 radical (unpaired) electrons. The number of carboxylic acids is 1. The van der Waals surface area contributed by atoms with Crippen LogP contribution in [0.3, 0.4) is 0 Å². The number of nitrogen functional groups attached to an aromatic ring is 2. The van der Waals surface area contributed by atoms with Crippen molar-refractivity contribution in [3.63, 3.8) is 0 Å². The van der Waals surface area contributed by atoms with E-state index in [1.807, 2.05) is 43.3 Å². The van der Waals surface area contributed by atoms with E-state index >= 15 is 0 Å². The molecule has 0 amide bonds. The number of hydrogen-bond acceptors (Lipinski definition) is 4. The number of carbonyl (C=O) groups is 1. The first-order valence-corrected chi connectivity index (χ1v) is 8.40. The highest BCUT2D eigenvalue weighted by Gasteiger charge is 2.26. The zero-order valence-corrected chi connectivity index (χ0v) is 14.7. The number of fused-ring (bicyclic) bond motifs is 2. The second-order valence-corrected chi connectivity index (χ2v) is 6.60. The molecule has 27 heavy (non-hydrogen) atoms. The van der Waals surface area contributed by atoms with Gasteiger partial charge in [0.2, 0.25) is 0 Å². The third-order valence-corrected chi connectivity index (χ3v) is 4.70. The van der Waals surface area contributed by atoms with Crippen molar-refractivity contribution in [2.75, 3.05) is 11.5 Å². The Morgan fingerprint density at radius 1 is 1.04 bits per heavy atom. The number of hydrogen-bond donors (Lipinski definition) is 3. The van der Waals surface area contributed by atoms with Crippen LogP contribution >= 0.6 is 0 Å². The van der Waals surface area contributed by atoms with E-state index in [4.69, 9.17) is 16.2 Å². The average molecular weight is 358 g/mol. The molecule has 134 valence electrons. The highest BCUT2D eigenvalue weighted by atomic mass is 16.5. The summed E-state index contributed by atoms with van der Waals surface area (Å²) in [4.78, 5) is 11.9. The number of ether oxygens (including phenoxy) is 1. The topological polar surface area (TPSA) is 98.6 Å². The van der Waals surface area contributed by atoms with Crippen LogP contribution in [0.15, 0.2) is 48.5 Å². The van der Waals surface area contributed by atoms with Gasteiger partial charge >= 0.3 is 5.97 Å². The molecule has 0 aromatic heterocycles. The largest absolute Gasteiger partial charge is 0.478 e. The Labute approximate surface area is 155 Å². The number of rotatable bonds is 2. The van der Waals surface area contributed by atoms with E-state index in [2.05, 4.69) is 6.58 Å². The molecule has 5 nitrogen and oxygen atoms in total. The molecule has 3 aromatic rings. The molecule has 0 bridgehead atoms. The molecule has 5 N–H and O–H groups in total. The Morgan fingerprint density at radius 2 is 1.81 bits per heavy atom. The molecular formula is C22H18N2O3. The number of anilines is 2. The summed E-state index contributed by atoms with van der Waals surface area (Å²) in [7, 11) is 0. The summed E-state index contributed by atoms with van der Waals surface area (Å²) in [5.74, 6) is 0.176. The van der Waals surface area contributed by atoms with Crippen LogP contribution in [0.25, 0.3) is 12.2 Å². The number of aromatic carboxylic acids is 1. The number of carboxylic acid groups (broad SMARTS) is 1. The lowest BCUT2D eigenvalue weighted by Crippen LogP contribution is -2.21. The zero-order valence-electron chi connectivity index (χ0n) is 14.7. The quantitative estimate of drug-likeness (QED) is 0.479. The van der Waals surface area contributed by atoms with E-state index in [0.29, 0.717) is 28.3 Å². The zero-order chi connectivity index (χ0) is 19.3. The lowest BCUT2D eigenvalue weighted by Gasteiger charge is -2.23. The molecular weight excluding hydrogens is 340 g/mol. The summed E-state index contributed by atoms with van der Waals surface area (Å²) >= 11 is 0. The summed E-state index contributed by atoms with van der Waals surface area (Å²) in [6.45, 7) is 5.92. The van der Waals surface area contributed by atoms with Gasteiger partial charge in [-0.05, 0) is 42.0 Å².